The summed E-state index contributed by atoms with van der Waals surface area (Å²) in [5.74, 6) is 0.766. The van der Waals surface area contributed by atoms with Crippen molar-refractivity contribution in [2.75, 3.05) is 33.7 Å². The Balaban J connectivity index is 2.54. The SMILES string of the molecule is CCC1(C(=O)NCC(C(C)C)N(C)C)CCNC1. The van der Waals surface area contributed by atoms with Gasteiger partial charge in [-0.2, -0.15) is 0 Å². The largest absolute Gasteiger partial charge is 0.354 e. The fourth-order valence-electron chi connectivity index (χ4n) is 2.80. The van der Waals surface area contributed by atoms with Crippen molar-refractivity contribution in [3.05, 3.63) is 0 Å². The molecule has 0 aromatic rings. The van der Waals surface area contributed by atoms with E-state index in [1.54, 1.807) is 0 Å². The zero-order valence-electron chi connectivity index (χ0n) is 12.5. The number of amides is 1. The molecule has 1 fully saturated rings. The number of rotatable bonds is 6. The molecule has 1 amide bonds. The van der Waals surface area contributed by atoms with E-state index < -0.39 is 0 Å². The minimum atomic E-state index is -0.173. The van der Waals surface area contributed by atoms with E-state index in [9.17, 15) is 4.79 Å². The summed E-state index contributed by atoms with van der Waals surface area (Å²) in [5.41, 5.74) is -0.173. The van der Waals surface area contributed by atoms with Crippen LogP contribution in [0.25, 0.3) is 0 Å². The molecule has 0 bridgehead atoms. The van der Waals surface area contributed by atoms with Gasteiger partial charge in [-0.05, 0) is 39.4 Å². The lowest BCUT2D eigenvalue weighted by Gasteiger charge is -2.31. The van der Waals surface area contributed by atoms with E-state index in [1.165, 1.54) is 0 Å². The van der Waals surface area contributed by atoms with Gasteiger partial charge in [-0.3, -0.25) is 4.79 Å². The van der Waals surface area contributed by atoms with Crippen molar-refractivity contribution < 1.29 is 4.79 Å². The predicted molar refractivity (Wildman–Crippen MR) is 75.5 cm³/mol. The van der Waals surface area contributed by atoms with Crippen LogP contribution in [0.2, 0.25) is 0 Å². The van der Waals surface area contributed by atoms with Crippen LogP contribution in [-0.2, 0) is 4.79 Å². The van der Waals surface area contributed by atoms with Gasteiger partial charge in [-0.25, -0.2) is 0 Å². The lowest BCUT2D eigenvalue weighted by molar-refractivity contribution is -0.130. The van der Waals surface area contributed by atoms with Gasteiger partial charge in [0.15, 0.2) is 0 Å². The molecule has 1 aliphatic rings. The van der Waals surface area contributed by atoms with Crippen LogP contribution >= 0.6 is 0 Å². The molecular weight excluding hydrogens is 226 g/mol. The number of nitrogens with zero attached hydrogens (tertiary/aromatic N) is 1. The highest BCUT2D eigenvalue weighted by Gasteiger charge is 2.39. The molecule has 0 aliphatic carbocycles. The molecule has 4 heteroatoms. The Kier molecular flexibility index (Phi) is 5.60. The van der Waals surface area contributed by atoms with Gasteiger partial charge in [0.05, 0.1) is 5.41 Å². The van der Waals surface area contributed by atoms with Crippen molar-refractivity contribution >= 4 is 5.91 Å². The first kappa shape index (κ1) is 15.4. The maximum absolute atomic E-state index is 12.4. The molecule has 0 aromatic heterocycles. The summed E-state index contributed by atoms with van der Waals surface area (Å²) in [6.45, 7) is 9.03. The number of carbonyl (C=O) groups is 1. The maximum atomic E-state index is 12.4. The van der Waals surface area contributed by atoms with Crippen LogP contribution < -0.4 is 10.6 Å². The summed E-state index contributed by atoms with van der Waals surface area (Å²) in [7, 11) is 4.15. The Morgan fingerprint density at radius 1 is 1.44 bits per heavy atom. The third-order valence-corrected chi connectivity index (χ3v) is 4.31. The fourth-order valence-corrected chi connectivity index (χ4v) is 2.80. The number of likely N-dealkylation sites (N-methyl/N-ethyl adjacent to an activating group) is 1. The van der Waals surface area contributed by atoms with Crippen LogP contribution in [0, 0.1) is 11.3 Å². The molecule has 18 heavy (non-hydrogen) atoms. The van der Waals surface area contributed by atoms with Crippen molar-refractivity contribution in [2.24, 2.45) is 11.3 Å². The van der Waals surface area contributed by atoms with Crippen molar-refractivity contribution in [3.63, 3.8) is 0 Å². The van der Waals surface area contributed by atoms with E-state index in [2.05, 4.69) is 50.4 Å². The van der Waals surface area contributed by atoms with Crippen LogP contribution in [-0.4, -0.2) is 50.6 Å². The minimum absolute atomic E-state index is 0.173. The Morgan fingerprint density at radius 3 is 2.50 bits per heavy atom. The van der Waals surface area contributed by atoms with E-state index >= 15 is 0 Å². The molecule has 0 aromatic carbocycles. The average Bonchev–Trinajstić information content (AvgIpc) is 2.77. The smallest absolute Gasteiger partial charge is 0.227 e. The summed E-state index contributed by atoms with van der Waals surface area (Å²) >= 11 is 0. The zero-order chi connectivity index (χ0) is 13.8. The monoisotopic (exact) mass is 255 g/mol. The maximum Gasteiger partial charge on any atom is 0.227 e. The van der Waals surface area contributed by atoms with Crippen LogP contribution in [0.3, 0.4) is 0 Å². The lowest BCUT2D eigenvalue weighted by Crippen LogP contribution is -2.48. The van der Waals surface area contributed by atoms with Crippen LogP contribution in [0.15, 0.2) is 0 Å². The van der Waals surface area contributed by atoms with E-state index in [0.717, 1.165) is 32.5 Å². The summed E-state index contributed by atoms with van der Waals surface area (Å²) in [6.07, 6.45) is 1.88. The van der Waals surface area contributed by atoms with Gasteiger partial charge < -0.3 is 15.5 Å². The molecule has 1 heterocycles. The second-order valence-corrected chi connectivity index (χ2v) is 6.05. The van der Waals surface area contributed by atoms with Gasteiger partial charge in [0, 0.05) is 19.1 Å². The molecule has 1 rings (SSSR count). The zero-order valence-corrected chi connectivity index (χ0v) is 12.5. The quantitative estimate of drug-likeness (QED) is 0.746. The third kappa shape index (κ3) is 3.45. The lowest BCUT2D eigenvalue weighted by atomic mass is 9.83. The molecular formula is C14H29N3O. The molecule has 0 radical (unpaired) electrons. The van der Waals surface area contributed by atoms with Crippen LogP contribution in [0.5, 0.6) is 0 Å². The van der Waals surface area contributed by atoms with Gasteiger partial charge in [-0.1, -0.05) is 20.8 Å². The van der Waals surface area contributed by atoms with Gasteiger partial charge in [0.2, 0.25) is 5.91 Å². The summed E-state index contributed by atoms with van der Waals surface area (Å²) in [6, 6.07) is 0.400. The number of carbonyl (C=O) groups excluding carboxylic acids is 1. The van der Waals surface area contributed by atoms with Crippen molar-refractivity contribution in [3.8, 4) is 0 Å². The Labute approximate surface area is 111 Å². The summed E-state index contributed by atoms with van der Waals surface area (Å²) in [5, 5.41) is 6.47. The second kappa shape index (κ2) is 6.53. The van der Waals surface area contributed by atoms with Gasteiger partial charge >= 0.3 is 0 Å². The first-order valence-corrected chi connectivity index (χ1v) is 7.08. The van der Waals surface area contributed by atoms with Crippen LogP contribution in [0.1, 0.15) is 33.6 Å². The van der Waals surface area contributed by atoms with Crippen molar-refractivity contribution in [2.45, 2.75) is 39.7 Å². The first-order chi connectivity index (χ1) is 8.43. The second-order valence-electron chi connectivity index (χ2n) is 6.05. The molecule has 2 unspecified atom stereocenters. The number of nitrogens with one attached hydrogen (secondary N) is 2. The Bertz CT molecular complexity index is 262. The van der Waals surface area contributed by atoms with Crippen molar-refractivity contribution in [1.29, 1.82) is 0 Å². The van der Waals surface area contributed by atoms with Crippen molar-refractivity contribution in [1.82, 2.24) is 15.5 Å². The molecule has 1 aliphatic heterocycles. The molecule has 4 nitrogen and oxygen atoms in total. The number of hydrogen-bond acceptors (Lipinski definition) is 3. The molecule has 2 atom stereocenters. The highest BCUT2D eigenvalue weighted by atomic mass is 16.2. The summed E-state index contributed by atoms with van der Waals surface area (Å²) < 4.78 is 0. The molecule has 2 N–H and O–H groups in total. The molecule has 0 saturated carbocycles. The topological polar surface area (TPSA) is 44.4 Å². The summed E-state index contributed by atoms with van der Waals surface area (Å²) in [4.78, 5) is 14.6. The van der Waals surface area contributed by atoms with Gasteiger partial charge in [-0.15, -0.1) is 0 Å². The predicted octanol–water partition coefficient (Wildman–Crippen LogP) is 1.08. The fraction of sp³-hybridized carbons (Fsp3) is 0.929. The highest BCUT2D eigenvalue weighted by Crippen LogP contribution is 2.29. The normalized spacial score (nSPS) is 25.7. The van der Waals surface area contributed by atoms with E-state index in [1.807, 2.05) is 0 Å². The molecule has 0 spiro atoms. The highest BCUT2D eigenvalue weighted by molar-refractivity contribution is 5.83. The van der Waals surface area contributed by atoms with Gasteiger partial charge in [0.25, 0.3) is 0 Å². The molecule has 106 valence electrons. The van der Waals surface area contributed by atoms with Crippen LogP contribution in [0.4, 0.5) is 0 Å². The van der Waals surface area contributed by atoms with E-state index in [-0.39, 0.29) is 11.3 Å². The Morgan fingerprint density at radius 2 is 2.11 bits per heavy atom. The standard InChI is InChI=1S/C14H29N3O/c1-6-14(7-8-15-10-14)13(18)16-9-12(11(2)3)17(4)5/h11-12,15H,6-10H2,1-5H3,(H,16,18). The van der Waals surface area contributed by atoms with E-state index in [0.29, 0.717) is 12.0 Å². The minimum Gasteiger partial charge on any atom is -0.354 e. The van der Waals surface area contributed by atoms with E-state index in [4.69, 9.17) is 0 Å². The van der Waals surface area contributed by atoms with Gasteiger partial charge in [0.1, 0.15) is 0 Å². The third-order valence-electron chi connectivity index (χ3n) is 4.31. The molecule has 1 saturated heterocycles. The first-order valence-electron chi connectivity index (χ1n) is 7.08. The number of hydrogen-bond donors (Lipinski definition) is 2. The Hall–Kier alpha value is -0.610. The average molecular weight is 255 g/mol.